The molecule has 1 aromatic carbocycles. The highest BCUT2D eigenvalue weighted by molar-refractivity contribution is 8.13. The molecule has 0 aromatic heterocycles. The summed E-state index contributed by atoms with van der Waals surface area (Å²) in [6.07, 6.45) is 0.0461. The molecule has 2 aliphatic rings. The molecule has 2 aliphatic heterocycles. The zero-order valence-corrected chi connectivity index (χ0v) is 21.1. The van der Waals surface area contributed by atoms with E-state index in [9.17, 15) is 14.5 Å². The molecular formula is C20H31N2O6PS2. The fourth-order valence-corrected chi connectivity index (χ4v) is 9.06. The summed E-state index contributed by atoms with van der Waals surface area (Å²) in [4.78, 5) is 11.7. The highest BCUT2D eigenvalue weighted by Gasteiger charge is 2.48. The average Bonchev–Trinajstić information content (AvgIpc) is 3.00. The lowest BCUT2D eigenvalue weighted by Gasteiger charge is -2.41. The summed E-state index contributed by atoms with van der Waals surface area (Å²) in [5, 5.41) is 10.9. The Kier molecular flexibility index (Phi) is 7.33. The molecule has 0 aliphatic carbocycles. The third-order valence-electron chi connectivity index (χ3n) is 4.99. The van der Waals surface area contributed by atoms with Gasteiger partial charge in [-0.2, -0.15) is 0 Å². The minimum atomic E-state index is -3.05. The Morgan fingerprint density at radius 3 is 2.58 bits per heavy atom. The first-order valence-corrected chi connectivity index (χ1v) is 14.0. The third kappa shape index (κ3) is 5.55. The molecule has 0 spiro atoms. The maximum atomic E-state index is 13.9. The fraction of sp³-hybridized carbons (Fsp3) is 0.650. The van der Waals surface area contributed by atoms with Gasteiger partial charge in [-0.1, -0.05) is 32.9 Å². The van der Waals surface area contributed by atoms with Gasteiger partial charge in [0.25, 0.3) is 0 Å². The van der Waals surface area contributed by atoms with Crippen molar-refractivity contribution in [2.45, 2.75) is 58.4 Å². The van der Waals surface area contributed by atoms with Crippen molar-refractivity contribution >= 4 is 35.9 Å². The van der Waals surface area contributed by atoms with E-state index in [1.807, 2.05) is 46.8 Å². The number of hydrogen-bond acceptors (Lipinski definition) is 6. The summed E-state index contributed by atoms with van der Waals surface area (Å²) in [5.74, 6) is 0.569. The Balaban J connectivity index is 1.98. The SMILES string of the molecule is CCCN([S+]([O-])C(NC(=O)O)c1cccc2c1OC(C)(C)C2)P1(=S)OCC(C)(C)CO1. The van der Waals surface area contributed by atoms with Crippen molar-refractivity contribution < 1.29 is 28.2 Å². The van der Waals surface area contributed by atoms with Crippen LogP contribution in [0.2, 0.25) is 0 Å². The number of nitrogens with one attached hydrogen (secondary N) is 1. The number of carboxylic acid groups (broad SMARTS) is 1. The first-order valence-electron chi connectivity index (χ1n) is 10.3. The fourth-order valence-electron chi connectivity index (χ4n) is 3.54. The zero-order chi connectivity index (χ0) is 23.0. The van der Waals surface area contributed by atoms with Crippen LogP contribution in [0.5, 0.6) is 5.75 Å². The van der Waals surface area contributed by atoms with E-state index in [1.54, 1.807) is 6.07 Å². The Morgan fingerprint density at radius 1 is 1.35 bits per heavy atom. The van der Waals surface area contributed by atoms with Gasteiger partial charge in [0, 0.05) is 11.8 Å². The van der Waals surface area contributed by atoms with Crippen molar-refractivity contribution in [3.05, 3.63) is 29.3 Å². The predicted octanol–water partition coefficient (Wildman–Crippen LogP) is 4.34. The summed E-state index contributed by atoms with van der Waals surface area (Å²) in [6.45, 7) is 7.96. The number of rotatable bonds is 7. The normalized spacial score (nSPS) is 22.9. The Labute approximate surface area is 192 Å². The third-order valence-corrected chi connectivity index (χ3v) is 10.7. The molecule has 31 heavy (non-hydrogen) atoms. The van der Waals surface area contributed by atoms with Gasteiger partial charge in [0.15, 0.2) is 0 Å². The van der Waals surface area contributed by atoms with E-state index in [4.69, 9.17) is 25.6 Å². The molecule has 2 N–H and O–H groups in total. The van der Waals surface area contributed by atoms with Gasteiger partial charge in [-0.05, 0) is 47.8 Å². The van der Waals surface area contributed by atoms with Gasteiger partial charge in [-0.25, -0.2) is 4.79 Å². The van der Waals surface area contributed by atoms with E-state index >= 15 is 0 Å². The van der Waals surface area contributed by atoms with Crippen molar-refractivity contribution in [1.29, 1.82) is 0 Å². The maximum Gasteiger partial charge on any atom is 0.408 e. The number of ether oxygens (including phenoxy) is 1. The number of carbonyl (C=O) groups is 1. The first kappa shape index (κ1) is 24.8. The molecule has 2 unspecified atom stereocenters. The molecule has 2 heterocycles. The molecule has 1 amide bonds. The number of hydrogen-bond donors (Lipinski definition) is 2. The Bertz CT molecular complexity index is 867. The van der Waals surface area contributed by atoms with Crippen LogP contribution in [-0.2, 0) is 38.6 Å². The van der Waals surface area contributed by atoms with Gasteiger partial charge in [-0.3, -0.25) is 5.32 Å². The van der Waals surface area contributed by atoms with Crippen LogP contribution in [0, 0.1) is 5.41 Å². The molecular weight excluding hydrogens is 459 g/mol. The molecule has 2 atom stereocenters. The topological polar surface area (TPSA) is 103 Å². The van der Waals surface area contributed by atoms with Gasteiger partial charge in [0.1, 0.15) is 11.4 Å². The van der Waals surface area contributed by atoms with E-state index in [2.05, 4.69) is 5.32 Å². The minimum absolute atomic E-state index is 0.194. The van der Waals surface area contributed by atoms with E-state index in [-0.39, 0.29) is 5.41 Å². The second-order valence-electron chi connectivity index (χ2n) is 9.24. The lowest BCUT2D eigenvalue weighted by molar-refractivity contribution is 0.0497. The monoisotopic (exact) mass is 490 g/mol. The first-order chi connectivity index (χ1) is 14.4. The van der Waals surface area contributed by atoms with Crippen LogP contribution in [0.3, 0.4) is 0 Å². The largest absolute Gasteiger partial charge is 0.596 e. The summed E-state index contributed by atoms with van der Waals surface area (Å²) in [5.41, 5.74) is 0.849. The van der Waals surface area contributed by atoms with Crippen LogP contribution < -0.4 is 10.1 Å². The average molecular weight is 491 g/mol. The number of amides is 1. The van der Waals surface area contributed by atoms with Crippen molar-refractivity contribution in [3.63, 3.8) is 0 Å². The number of nitrogens with zero attached hydrogens (tertiary/aromatic N) is 1. The predicted molar refractivity (Wildman–Crippen MR) is 124 cm³/mol. The smallest absolute Gasteiger partial charge is 0.408 e. The summed E-state index contributed by atoms with van der Waals surface area (Å²) >= 11 is 3.84. The van der Waals surface area contributed by atoms with Crippen LogP contribution in [0.1, 0.15) is 57.5 Å². The molecule has 1 saturated heterocycles. The second kappa shape index (κ2) is 9.17. The van der Waals surface area contributed by atoms with E-state index in [1.165, 1.54) is 4.08 Å². The molecule has 1 fully saturated rings. The van der Waals surface area contributed by atoms with Gasteiger partial charge in [0.2, 0.25) is 5.37 Å². The van der Waals surface area contributed by atoms with Gasteiger partial charge in [0.05, 0.1) is 36.7 Å². The lowest BCUT2D eigenvalue weighted by atomic mass is 9.97. The Hall–Kier alpha value is -0.870. The van der Waals surface area contributed by atoms with Crippen molar-refractivity contribution in [2.75, 3.05) is 19.8 Å². The highest BCUT2D eigenvalue weighted by Crippen LogP contribution is 2.59. The standard InChI is InChI=1S/C20H31N2O6PS2/c1-6-10-22(29(30)26-12-19(2,3)13-27-29)31(25)17(21-18(23)24)15-9-7-8-14-11-20(4,5)28-16(14)15/h7-9,17,21H,6,10-13H2,1-5H3,(H,23,24). The van der Waals surface area contributed by atoms with Crippen molar-refractivity contribution in [3.8, 4) is 5.75 Å². The van der Waals surface area contributed by atoms with Gasteiger partial charge in [-0.15, -0.1) is 0 Å². The van der Waals surface area contributed by atoms with Crippen LogP contribution in [0.25, 0.3) is 0 Å². The molecule has 0 radical (unpaired) electrons. The number of fused-ring (bicyclic) bond motifs is 1. The van der Waals surface area contributed by atoms with E-state index in [0.717, 1.165) is 5.56 Å². The Morgan fingerprint density at radius 2 is 2.00 bits per heavy atom. The molecule has 0 saturated carbocycles. The maximum absolute atomic E-state index is 13.9. The zero-order valence-electron chi connectivity index (χ0n) is 18.5. The number of para-hydroxylation sites is 1. The number of benzene rings is 1. The van der Waals surface area contributed by atoms with Crippen molar-refractivity contribution in [2.24, 2.45) is 5.41 Å². The highest BCUT2D eigenvalue weighted by atomic mass is 32.5. The quantitative estimate of drug-likeness (QED) is 0.430. The van der Waals surface area contributed by atoms with Crippen LogP contribution in [0.4, 0.5) is 4.79 Å². The van der Waals surface area contributed by atoms with Gasteiger partial charge >= 0.3 is 12.7 Å². The van der Waals surface area contributed by atoms with Gasteiger partial charge < -0.3 is 23.4 Å². The second-order valence-corrected chi connectivity index (χ2v) is 14.3. The molecule has 0 bridgehead atoms. The van der Waals surface area contributed by atoms with Crippen LogP contribution >= 0.6 is 6.64 Å². The molecule has 8 nitrogen and oxygen atoms in total. The van der Waals surface area contributed by atoms with Crippen LogP contribution in [-0.4, -0.2) is 45.2 Å². The minimum Gasteiger partial charge on any atom is -0.596 e. The summed E-state index contributed by atoms with van der Waals surface area (Å²) in [6, 6.07) is 5.50. The van der Waals surface area contributed by atoms with E-state index < -0.39 is 35.1 Å². The summed E-state index contributed by atoms with van der Waals surface area (Å²) < 4.78 is 33.4. The molecule has 1 aromatic rings. The van der Waals surface area contributed by atoms with Crippen molar-refractivity contribution in [1.82, 2.24) is 9.39 Å². The lowest BCUT2D eigenvalue weighted by Crippen LogP contribution is -2.43. The molecule has 174 valence electrons. The molecule has 11 heteroatoms. The molecule has 3 rings (SSSR count). The summed E-state index contributed by atoms with van der Waals surface area (Å²) in [7, 11) is 0. The van der Waals surface area contributed by atoms with E-state index in [0.29, 0.717) is 43.9 Å². The van der Waals surface area contributed by atoms with Crippen LogP contribution in [0.15, 0.2) is 18.2 Å².